The summed E-state index contributed by atoms with van der Waals surface area (Å²) in [6.45, 7) is 20.8. The third-order valence-electron chi connectivity index (χ3n) is 14.6. The summed E-state index contributed by atoms with van der Waals surface area (Å²) in [6, 6.07) is 51.4. The smallest absolute Gasteiger partial charge is 0.253 e. The highest BCUT2D eigenvalue weighted by molar-refractivity contribution is 6.28. The number of aromatic amines is 1. The average Bonchev–Trinajstić information content (AvgIpc) is 1.58. The topological polar surface area (TPSA) is 268 Å². The number of nitriles is 2. The summed E-state index contributed by atoms with van der Waals surface area (Å²) in [7, 11) is 0. The number of nitrogens with one attached hydrogen (secondary N) is 4. The fourth-order valence-electron chi connectivity index (χ4n) is 10.5. The maximum absolute atomic E-state index is 11.8. The van der Waals surface area contributed by atoms with E-state index < -0.39 is 5.91 Å². The summed E-state index contributed by atoms with van der Waals surface area (Å²) in [5, 5.41) is 46.5. The largest absolute Gasteiger partial charge is 0.366 e. The van der Waals surface area contributed by atoms with Crippen molar-refractivity contribution in [1.29, 1.82) is 10.5 Å². The van der Waals surface area contributed by atoms with Crippen LogP contribution >= 0.6 is 11.6 Å². The highest BCUT2D eigenvalue weighted by Gasteiger charge is 2.21. The van der Waals surface area contributed by atoms with Crippen molar-refractivity contribution in [3.63, 3.8) is 0 Å². The second-order valence-corrected chi connectivity index (χ2v) is 22.2. The number of anilines is 3. The number of amides is 1. The van der Waals surface area contributed by atoms with Gasteiger partial charge in [-0.1, -0.05) is 158 Å². The number of H-pyrrole nitrogens is 1. The van der Waals surface area contributed by atoms with E-state index in [1.165, 1.54) is 16.7 Å². The lowest BCUT2D eigenvalue weighted by Gasteiger charge is -2.17. The van der Waals surface area contributed by atoms with E-state index in [0.717, 1.165) is 85.1 Å². The normalized spacial score (nSPS) is 10.7. The van der Waals surface area contributed by atoms with E-state index in [-0.39, 0.29) is 24.5 Å². The quantitative estimate of drug-likeness (QED) is 0.0597. The zero-order chi connectivity index (χ0) is 63.1. The molecule has 19 nitrogen and oxygen atoms in total. The van der Waals surface area contributed by atoms with E-state index in [4.69, 9.17) is 42.5 Å². The molecule has 0 aliphatic rings. The number of rotatable bonds is 15. The molecular formula is C70H73ClN18O. The third-order valence-corrected chi connectivity index (χ3v) is 14.8. The van der Waals surface area contributed by atoms with Gasteiger partial charge in [-0.3, -0.25) is 9.89 Å². The first-order valence-corrected chi connectivity index (χ1v) is 29.5. The van der Waals surface area contributed by atoms with Crippen LogP contribution in [0.5, 0.6) is 0 Å². The van der Waals surface area contributed by atoms with Crippen LogP contribution in [0.15, 0.2) is 164 Å². The number of hydrogen-bond donors (Lipinski definition) is 5. The van der Waals surface area contributed by atoms with Gasteiger partial charge in [-0.05, 0) is 103 Å². The number of nitrogens with zero attached hydrogens (tertiary/aromatic N) is 13. The predicted octanol–water partition coefficient (Wildman–Crippen LogP) is 14.9. The van der Waals surface area contributed by atoms with Gasteiger partial charge in [-0.25, -0.2) is 19.9 Å². The van der Waals surface area contributed by atoms with Crippen LogP contribution in [-0.4, -0.2) is 65.6 Å². The fraction of sp³-hybridized carbons (Fsp3) is 0.229. The van der Waals surface area contributed by atoms with Crippen LogP contribution in [-0.2, 0) is 19.6 Å². The van der Waals surface area contributed by atoms with Crippen LogP contribution < -0.4 is 21.7 Å². The molecule has 6 heterocycles. The zero-order valence-electron chi connectivity index (χ0n) is 51.1. The van der Waals surface area contributed by atoms with Gasteiger partial charge >= 0.3 is 0 Å². The SMILES string of the molecule is C.Cc1nc(-n2ncc3c(C#N)cccc32)nc(NCc2ccccc2)c1C(C)C.Cc1nc(-n2ncc3c(C(N)=O)cccc32)nc(NCc2ccccc2)c1C(C)C.Cc1nc(Cl)nc(NCc2ccccc2)c1C(C)C.N#Cc1cccc2[nH]ncc12. The molecular weight excluding hydrogens is 1140 g/mol. The van der Waals surface area contributed by atoms with Crippen LogP contribution in [0.3, 0.4) is 0 Å². The van der Waals surface area contributed by atoms with Gasteiger partial charge in [0.05, 0.1) is 64.0 Å². The van der Waals surface area contributed by atoms with Crippen molar-refractivity contribution in [2.24, 2.45) is 5.73 Å². The van der Waals surface area contributed by atoms with Crippen LogP contribution in [0.25, 0.3) is 44.6 Å². The molecule has 12 aromatic rings. The van der Waals surface area contributed by atoms with Crippen LogP contribution in [0, 0.1) is 43.4 Å². The Kier molecular flexibility index (Phi) is 21.8. The molecule has 0 fully saturated rings. The van der Waals surface area contributed by atoms with Crippen molar-refractivity contribution in [3.05, 3.63) is 237 Å². The van der Waals surface area contributed by atoms with E-state index in [1.807, 2.05) is 106 Å². The van der Waals surface area contributed by atoms with Crippen molar-refractivity contribution < 1.29 is 4.79 Å². The number of primary amides is 1. The lowest BCUT2D eigenvalue weighted by Crippen LogP contribution is -2.13. The highest BCUT2D eigenvalue weighted by Crippen LogP contribution is 2.31. The minimum absolute atomic E-state index is 0. The molecule has 90 heavy (non-hydrogen) atoms. The monoisotopic (exact) mass is 1220 g/mol. The number of carbonyl (C=O) groups excluding carboxylic acids is 1. The van der Waals surface area contributed by atoms with Gasteiger partial charge < -0.3 is 21.7 Å². The van der Waals surface area contributed by atoms with Crippen LogP contribution in [0.1, 0.15) is 139 Å². The fourth-order valence-corrected chi connectivity index (χ4v) is 10.7. The molecule has 0 saturated carbocycles. The lowest BCUT2D eigenvalue weighted by atomic mass is 10.0. The van der Waals surface area contributed by atoms with E-state index in [9.17, 15) is 10.1 Å². The predicted molar refractivity (Wildman–Crippen MR) is 359 cm³/mol. The molecule has 0 radical (unpaired) electrons. The minimum atomic E-state index is -0.488. The first-order chi connectivity index (χ1) is 43.0. The first-order valence-electron chi connectivity index (χ1n) is 29.1. The van der Waals surface area contributed by atoms with Gasteiger partial charge in [-0.2, -0.15) is 45.2 Å². The summed E-state index contributed by atoms with van der Waals surface area (Å²) < 4.78 is 3.34. The molecule has 20 heteroatoms. The number of halogens is 1. The summed E-state index contributed by atoms with van der Waals surface area (Å²) in [5.74, 6) is 3.77. The van der Waals surface area contributed by atoms with E-state index in [0.29, 0.717) is 53.0 Å². The van der Waals surface area contributed by atoms with E-state index in [1.54, 1.807) is 52.2 Å². The number of aryl methyl sites for hydroxylation is 3. The number of aromatic nitrogens is 12. The van der Waals surface area contributed by atoms with Crippen LogP contribution in [0.2, 0.25) is 5.28 Å². The summed E-state index contributed by atoms with van der Waals surface area (Å²) in [5.41, 5.74) is 19.2. The zero-order valence-corrected chi connectivity index (χ0v) is 51.9. The molecule has 1 amide bonds. The molecule has 6 N–H and O–H groups in total. The van der Waals surface area contributed by atoms with Crippen molar-refractivity contribution in [2.75, 3.05) is 16.0 Å². The summed E-state index contributed by atoms with van der Waals surface area (Å²) >= 11 is 5.95. The number of fused-ring (bicyclic) bond motifs is 3. The van der Waals surface area contributed by atoms with Crippen molar-refractivity contribution in [1.82, 2.24) is 59.7 Å². The molecule has 0 bridgehead atoms. The van der Waals surface area contributed by atoms with Crippen molar-refractivity contribution in [3.8, 4) is 24.0 Å². The molecule has 12 rings (SSSR count). The average molecular weight is 1220 g/mol. The molecule has 0 unspecified atom stereocenters. The third kappa shape index (κ3) is 15.4. The molecule has 0 aliphatic carbocycles. The summed E-state index contributed by atoms with van der Waals surface area (Å²) in [6.07, 6.45) is 4.98. The van der Waals surface area contributed by atoms with Gasteiger partial charge in [-0.15, -0.1) is 0 Å². The van der Waals surface area contributed by atoms with E-state index in [2.05, 4.69) is 136 Å². The molecule has 0 saturated heterocycles. The minimum Gasteiger partial charge on any atom is -0.366 e. The Labute approximate surface area is 529 Å². The Balaban J connectivity index is 0.000000163. The Morgan fingerprint density at radius 1 is 0.511 bits per heavy atom. The van der Waals surface area contributed by atoms with Gasteiger partial charge in [0.25, 0.3) is 11.9 Å². The number of hydrogen-bond acceptors (Lipinski definition) is 15. The molecule has 6 aromatic heterocycles. The molecule has 0 spiro atoms. The van der Waals surface area contributed by atoms with Crippen LogP contribution in [0.4, 0.5) is 17.5 Å². The lowest BCUT2D eigenvalue weighted by molar-refractivity contribution is 0.100. The first kappa shape index (κ1) is 65.1. The number of carbonyl (C=O) groups is 1. The van der Waals surface area contributed by atoms with Crippen molar-refractivity contribution >= 4 is 67.7 Å². The maximum atomic E-state index is 11.8. The molecule has 0 aliphatic heterocycles. The van der Waals surface area contributed by atoms with Gasteiger partial charge in [0.15, 0.2) is 0 Å². The van der Waals surface area contributed by atoms with Crippen molar-refractivity contribution in [2.45, 2.75) is 107 Å². The molecule has 456 valence electrons. The van der Waals surface area contributed by atoms with E-state index >= 15 is 0 Å². The number of benzene rings is 6. The van der Waals surface area contributed by atoms with Gasteiger partial charge in [0, 0.05) is 69.6 Å². The Bertz CT molecular complexity index is 4490. The molecule has 6 aromatic carbocycles. The second-order valence-electron chi connectivity index (χ2n) is 21.9. The van der Waals surface area contributed by atoms with Gasteiger partial charge in [0.2, 0.25) is 11.2 Å². The Morgan fingerprint density at radius 2 is 0.911 bits per heavy atom. The second kappa shape index (κ2) is 30.2. The maximum Gasteiger partial charge on any atom is 0.253 e. The van der Waals surface area contributed by atoms with Gasteiger partial charge in [0.1, 0.15) is 17.5 Å². The molecule has 0 atom stereocenters. The standard InChI is InChI=1S/C23H24N6O.C23H22N6.C15H18ClN3.C8H5N3.CH4/c1-14(2)20-15(3)27-23(28-22(20)25-12-16-8-5-4-6-9-16)29-19-11-7-10-17(21(24)30)18(19)13-26-29;1-15(2)21-16(3)27-23(28-22(21)25-13-17-8-5-4-6-9-17)29-20-11-7-10-18(12-24)19(20)14-26-29;1-10(2)13-11(3)18-15(16)19-14(13)17-9-12-7-5-4-6-8-12;9-4-6-2-1-3-8-7(6)5-10-11-8;/h4-11,13-14H,12H2,1-3H3,(H2,24,30)(H,25,27,28);4-11,14-15H,13H2,1-3H3,(H,25,27,28);4-8,10H,9H2,1-3H3,(H,17,18,19);1-3,5H,(H,10,11);1H4. The Morgan fingerprint density at radius 3 is 1.36 bits per heavy atom. The summed E-state index contributed by atoms with van der Waals surface area (Å²) in [4.78, 5) is 39.3. The highest BCUT2D eigenvalue weighted by atomic mass is 35.5. The number of nitrogens with two attached hydrogens (primary N) is 1. The Hall–Kier alpha value is -10.9.